The summed E-state index contributed by atoms with van der Waals surface area (Å²) in [7, 11) is 0. The van der Waals surface area contributed by atoms with E-state index in [1.165, 1.54) is 12.1 Å². The van der Waals surface area contributed by atoms with Crippen LogP contribution in [0.4, 0.5) is 5.69 Å². The molecule has 6 heteroatoms. The lowest BCUT2D eigenvalue weighted by Crippen LogP contribution is -2.10. The molecule has 1 aromatic rings. The fourth-order valence-corrected chi connectivity index (χ4v) is 1.36. The van der Waals surface area contributed by atoms with Crippen molar-refractivity contribution in [2.45, 2.75) is 13.3 Å². The average molecular weight is 288 g/mol. The molecule has 0 amide bonds. The first-order valence-corrected chi connectivity index (χ1v) is 5.42. The van der Waals surface area contributed by atoms with Crippen molar-refractivity contribution in [2.24, 2.45) is 0 Å². The lowest BCUT2D eigenvalue weighted by atomic mass is 10.3. The van der Waals surface area contributed by atoms with Gasteiger partial charge < -0.3 is 4.74 Å². The van der Waals surface area contributed by atoms with Gasteiger partial charge in [-0.2, -0.15) is 0 Å². The molecule has 0 saturated carbocycles. The fraction of sp³-hybridized carbons (Fsp3) is 0.300. The summed E-state index contributed by atoms with van der Waals surface area (Å²) in [5, 5.41) is 10.7. The third-order valence-electron chi connectivity index (χ3n) is 1.90. The zero-order valence-electron chi connectivity index (χ0n) is 8.60. The number of benzene rings is 1. The number of Topliss-reactive ketones (excluding diaryl/α,β-unsaturated/α-hetero) is 1. The van der Waals surface area contributed by atoms with Gasteiger partial charge in [-0.15, -0.1) is 0 Å². The van der Waals surface area contributed by atoms with Crippen molar-refractivity contribution in [2.75, 3.05) is 6.61 Å². The van der Waals surface area contributed by atoms with Gasteiger partial charge in [-0.25, -0.2) is 0 Å². The van der Waals surface area contributed by atoms with Gasteiger partial charge in [0.2, 0.25) is 0 Å². The van der Waals surface area contributed by atoms with E-state index in [0.717, 1.165) is 0 Å². The molecule has 0 spiro atoms. The molecule has 16 heavy (non-hydrogen) atoms. The molecule has 0 N–H and O–H groups in total. The monoisotopic (exact) mass is 287 g/mol. The number of nitro groups is 1. The highest BCUT2D eigenvalue weighted by molar-refractivity contribution is 9.10. The maximum Gasteiger partial charge on any atom is 0.312 e. The minimum atomic E-state index is -0.545. The summed E-state index contributed by atoms with van der Waals surface area (Å²) >= 11 is 3.13. The number of halogens is 1. The summed E-state index contributed by atoms with van der Waals surface area (Å²) in [6.07, 6.45) is 0.352. The first kappa shape index (κ1) is 12.6. The fourth-order valence-electron chi connectivity index (χ4n) is 1.02. The van der Waals surface area contributed by atoms with E-state index in [1.807, 2.05) is 0 Å². The number of carbonyl (C=O) groups is 1. The van der Waals surface area contributed by atoms with Crippen LogP contribution in [0.3, 0.4) is 0 Å². The second-order valence-electron chi connectivity index (χ2n) is 3.05. The quantitative estimate of drug-likeness (QED) is 0.617. The van der Waals surface area contributed by atoms with Crippen LogP contribution in [0.15, 0.2) is 22.7 Å². The Hall–Kier alpha value is -1.43. The second-order valence-corrected chi connectivity index (χ2v) is 3.97. The lowest BCUT2D eigenvalue weighted by molar-refractivity contribution is -0.385. The number of ether oxygens (including phenoxy) is 1. The highest BCUT2D eigenvalue weighted by Crippen LogP contribution is 2.29. The van der Waals surface area contributed by atoms with E-state index in [1.54, 1.807) is 13.0 Å². The maximum absolute atomic E-state index is 11.0. The molecule has 0 atom stereocenters. The molecule has 0 heterocycles. The minimum absolute atomic E-state index is 0.0998. The first-order chi connectivity index (χ1) is 7.54. The molecule has 0 aliphatic heterocycles. The van der Waals surface area contributed by atoms with Gasteiger partial charge in [0, 0.05) is 17.0 Å². The summed E-state index contributed by atoms with van der Waals surface area (Å²) in [5.74, 6) is 0.00668. The van der Waals surface area contributed by atoms with Gasteiger partial charge in [-0.3, -0.25) is 14.9 Å². The van der Waals surface area contributed by atoms with Crippen LogP contribution in [0.5, 0.6) is 5.75 Å². The van der Waals surface area contributed by atoms with E-state index >= 15 is 0 Å². The highest BCUT2D eigenvalue weighted by atomic mass is 79.9. The van der Waals surface area contributed by atoms with Gasteiger partial charge in [0.1, 0.15) is 6.61 Å². The van der Waals surface area contributed by atoms with Crippen LogP contribution in [0, 0.1) is 10.1 Å². The smallest absolute Gasteiger partial charge is 0.312 e. The SMILES string of the molecule is CCC(=O)COc1ccc(Br)cc1[N+](=O)[O-]. The largest absolute Gasteiger partial charge is 0.479 e. The molecule has 0 bridgehead atoms. The molecule has 0 aliphatic carbocycles. The molecule has 0 aliphatic rings. The van der Waals surface area contributed by atoms with Gasteiger partial charge >= 0.3 is 5.69 Å². The Kier molecular flexibility index (Phi) is 4.42. The first-order valence-electron chi connectivity index (χ1n) is 4.63. The molecular formula is C10H10BrNO4. The Morgan fingerprint density at radius 2 is 2.25 bits per heavy atom. The number of ketones is 1. The topological polar surface area (TPSA) is 69.4 Å². The van der Waals surface area contributed by atoms with Crippen LogP contribution in [0.2, 0.25) is 0 Å². The van der Waals surface area contributed by atoms with E-state index in [4.69, 9.17) is 4.74 Å². The summed E-state index contributed by atoms with van der Waals surface area (Å²) in [6.45, 7) is 1.57. The minimum Gasteiger partial charge on any atom is -0.479 e. The Morgan fingerprint density at radius 1 is 1.56 bits per heavy atom. The molecule has 0 saturated heterocycles. The van der Waals surface area contributed by atoms with Crippen molar-refractivity contribution in [1.82, 2.24) is 0 Å². The van der Waals surface area contributed by atoms with Gasteiger partial charge in [0.25, 0.3) is 0 Å². The zero-order valence-corrected chi connectivity index (χ0v) is 10.2. The third kappa shape index (κ3) is 3.30. The van der Waals surface area contributed by atoms with Crippen molar-refractivity contribution in [3.05, 3.63) is 32.8 Å². The van der Waals surface area contributed by atoms with E-state index < -0.39 is 4.92 Å². The van der Waals surface area contributed by atoms with Crippen LogP contribution in [0.1, 0.15) is 13.3 Å². The summed E-state index contributed by atoms with van der Waals surface area (Å²) < 4.78 is 5.69. The van der Waals surface area contributed by atoms with Crippen molar-refractivity contribution in [1.29, 1.82) is 0 Å². The molecule has 0 unspecified atom stereocenters. The Labute approximate surface area is 101 Å². The molecule has 0 aromatic heterocycles. The van der Waals surface area contributed by atoms with Crippen molar-refractivity contribution >= 4 is 27.4 Å². The number of hydrogen-bond acceptors (Lipinski definition) is 4. The molecule has 0 radical (unpaired) electrons. The number of hydrogen-bond donors (Lipinski definition) is 0. The van der Waals surface area contributed by atoms with Gasteiger partial charge in [-0.1, -0.05) is 22.9 Å². The number of nitro benzene ring substituents is 1. The summed E-state index contributed by atoms with van der Waals surface area (Å²) in [5.41, 5.74) is -0.154. The molecule has 5 nitrogen and oxygen atoms in total. The zero-order chi connectivity index (χ0) is 12.1. The van der Waals surface area contributed by atoms with E-state index in [9.17, 15) is 14.9 Å². The van der Waals surface area contributed by atoms with Crippen molar-refractivity contribution in [3.63, 3.8) is 0 Å². The molecular weight excluding hydrogens is 278 g/mol. The lowest BCUT2D eigenvalue weighted by Gasteiger charge is -2.05. The number of carbonyl (C=O) groups excluding carboxylic acids is 1. The maximum atomic E-state index is 11.0. The van der Waals surface area contributed by atoms with Crippen molar-refractivity contribution in [3.8, 4) is 5.75 Å². The standard InChI is InChI=1S/C10H10BrNO4/c1-2-8(13)6-16-10-4-3-7(11)5-9(10)12(14)15/h3-5H,2,6H2,1H3. The molecule has 86 valence electrons. The summed E-state index contributed by atoms with van der Waals surface area (Å²) in [4.78, 5) is 21.2. The van der Waals surface area contributed by atoms with E-state index in [0.29, 0.717) is 10.9 Å². The highest BCUT2D eigenvalue weighted by Gasteiger charge is 2.16. The van der Waals surface area contributed by atoms with Gasteiger partial charge in [0.15, 0.2) is 11.5 Å². The number of rotatable bonds is 5. The van der Waals surface area contributed by atoms with E-state index in [-0.39, 0.29) is 23.8 Å². The Morgan fingerprint density at radius 3 is 2.81 bits per heavy atom. The normalized spacial score (nSPS) is 9.88. The molecule has 1 rings (SSSR count). The van der Waals surface area contributed by atoms with Crippen LogP contribution in [0.25, 0.3) is 0 Å². The molecule has 1 aromatic carbocycles. The summed E-state index contributed by atoms with van der Waals surface area (Å²) in [6, 6.07) is 4.43. The predicted octanol–water partition coefficient (Wildman–Crippen LogP) is 2.72. The molecule has 0 fully saturated rings. The van der Waals surface area contributed by atoms with Crippen LogP contribution < -0.4 is 4.74 Å². The number of nitrogens with zero attached hydrogens (tertiary/aromatic N) is 1. The van der Waals surface area contributed by atoms with Gasteiger partial charge in [-0.05, 0) is 12.1 Å². The second kappa shape index (κ2) is 5.60. The van der Waals surface area contributed by atoms with E-state index in [2.05, 4.69) is 15.9 Å². The van der Waals surface area contributed by atoms with Crippen molar-refractivity contribution < 1.29 is 14.5 Å². The predicted molar refractivity (Wildman–Crippen MR) is 61.6 cm³/mol. The van der Waals surface area contributed by atoms with Gasteiger partial charge in [0.05, 0.1) is 4.92 Å². The Bertz CT molecular complexity index is 419. The van der Waals surface area contributed by atoms with Crippen LogP contribution >= 0.6 is 15.9 Å². The Balaban J connectivity index is 2.87. The third-order valence-corrected chi connectivity index (χ3v) is 2.39. The van der Waals surface area contributed by atoms with Crippen LogP contribution in [-0.4, -0.2) is 17.3 Å². The average Bonchev–Trinajstić information content (AvgIpc) is 2.26. The van der Waals surface area contributed by atoms with Crippen LogP contribution in [-0.2, 0) is 4.79 Å².